The van der Waals surface area contributed by atoms with Gasteiger partial charge in [-0.1, -0.05) is 12.1 Å². The van der Waals surface area contributed by atoms with Gasteiger partial charge in [-0.05, 0) is 68.4 Å². The van der Waals surface area contributed by atoms with Crippen LogP contribution in [0.4, 0.5) is 11.6 Å². The molecule has 7 nitrogen and oxygen atoms in total. The van der Waals surface area contributed by atoms with Crippen molar-refractivity contribution in [3.8, 4) is 16.9 Å². The average molecular weight is 420 g/mol. The SMILES string of the molecule is Cc1ccc(C)n1-c1ccc(-c2ccnc(Nc3ccc(S(N)(=O)=O)cc3)n2)cc1. The Labute approximate surface area is 175 Å². The number of sulfonamides is 1. The third kappa shape index (κ3) is 4.10. The van der Waals surface area contributed by atoms with Crippen LogP contribution in [0.15, 0.2) is 77.8 Å². The lowest BCUT2D eigenvalue weighted by molar-refractivity contribution is 0.598. The monoisotopic (exact) mass is 419 g/mol. The van der Waals surface area contributed by atoms with Crippen molar-refractivity contribution in [3.05, 3.63) is 84.3 Å². The molecule has 0 amide bonds. The van der Waals surface area contributed by atoms with Crippen LogP contribution in [0, 0.1) is 13.8 Å². The maximum absolute atomic E-state index is 11.4. The molecule has 30 heavy (non-hydrogen) atoms. The summed E-state index contributed by atoms with van der Waals surface area (Å²) >= 11 is 0. The topological polar surface area (TPSA) is 103 Å². The summed E-state index contributed by atoms with van der Waals surface area (Å²) in [6.07, 6.45) is 1.68. The minimum atomic E-state index is -3.72. The normalized spacial score (nSPS) is 11.4. The molecule has 4 aromatic rings. The van der Waals surface area contributed by atoms with Crippen molar-refractivity contribution in [2.24, 2.45) is 5.14 Å². The maximum atomic E-state index is 11.4. The molecule has 0 bridgehead atoms. The van der Waals surface area contributed by atoms with E-state index in [2.05, 4.69) is 58.0 Å². The zero-order chi connectivity index (χ0) is 21.3. The number of primary sulfonamides is 1. The second-order valence-corrected chi connectivity index (χ2v) is 8.52. The molecular weight excluding hydrogens is 398 g/mol. The van der Waals surface area contributed by atoms with Crippen LogP contribution < -0.4 is 10.5 Å². The molecule has 0 aliphatic rings. The summed E-state index contributed by atoms with van der Waals surface area (Å²) in [6, 6.07) is 20.3. The summed E-state index contributed by atoms with van der Waals surface area (Å²) in [4.78, 5) is 8.86. The fraction of sp³-hybridized carbons (Fsp3) is 0.0909. The lowest BCUT2D eigenvalue weighted by Crippen LogP contribution is -2.11. The quantitative estimate of drug-likeness (QED) is 0.510. The molecule has 0 spiro atoms. The fourth-order valence-electron chi connectivity index (χ4n) is 3.29. The van der Waals surface area contributed by atoms with Gasteiger partial charge >= 0.3 is 0 Å². The zero-order valence-electron chi connectivity index (χ0n) is 16.6. The lowest BCUT2D eigenvalue weighted by atomic mass is 10.1. The molecule has 0 aliphatic carbocycles. The van der Waals surface area contributed by atoms with Crippen molar-refractivity contribution in [2.75, 3.05) is 5.32 Å². The number of benzene rings is 2. The van der Waals surface area contributed by atoms with E-state index in [4.69, 9.17) is 5.14 Å². The Balaban J connectivity index is 1.56. The van der Waals surface area contributed by atoms with Crippen molar-refractivity contribution < 1.29 is 8.42 Å². The third-order valence-corrected chi connectivity index (χ3v) is 5.72. The van der Waals surface area contributed by atoms with Gasteiger partial charge in [0.2, 0.25) is 16.0 Å². The average Bonchev–Trinajstić information content (AvgIpc) is 3.06. The van der Waals surface area contributed by atoms with Gasteiger partial charge in [-0.2, -0.15) is 0 Å². The highest BCUT2D eigenvalue weighted by Crippen LogP contribution is 2.23. The second-order valence-electron chi connectivity index (χ2n) is 6.96. The number of nitrogens with two attached hydrogens (primary N) is 1. The van der Waals surface area contributed by atoms with Crippen LogP contribution in [-0.4, -0.2) is 23.0 Å². The van der Waals surface area contributed by atoms with E-state index in [1.807, 2.05) is 18.2 Å². The Morgan fingerprint density at radius 3 is 2.10 bits per heavy atom. The summed E-state index contributed by atoms with van der Waals surface area (Å²) in [5, 5.41) is 8.21. The largest absolute Gasteiger partial charge is 0.324 e. The molecule has 152 valence electrons. The molecule has 3 N–H and O–H groups in total. The number of aromatic nitrogens is 3. The van der Waals surface area contributed by atoms with E-state index < -0.39 is 10.0 Å². The molecule has 4 rings (SSSR count). The van der Waals surface area contributed by atoms with E-state index in [0.29, 0.717) is 11.6 Å². The van der Waals surface area contributed by atoms with Gasteiger partial charge in [0.05, 0.1) is 10.6 Å². The predicted molar refractivity (Wildman–Crippen MR) is 117 cm³/mol. The van der Waals surface area contributed by atoms with Gasteiger partial charge in [0.1, 0.15) is 0 Å². The van der Waals surface area contributed by atoms with Crippen molar-refractivity contribution in [1.82, 2.24) is 14.5 Å². The van der Waals surface area contributed by atoms with Crippen molar-refractivity contribution in [3.63, 3.8) is 0 Å². The summed E-state index contributed by atoms with van der Waals surface area (Å²) < 4.78 is 24.9. The molecule has 8 heteroatoms. The van der Waals surface area contributed by atoms with E-state index in [-0.39, 0.29) is 4.90 Å². The van der Waals surface area contributed by atoms with Gasteiger partial charge in [0.15, 0.2) is 0 Å². The van der Waals surface area contributed by atoms with Crippen LogP contribution in [0.5, 0.6) is 0 Å². The van der Waals surface area contributed by atoms with Crippen molar-refractivity contribution in [2.45, 2.75) is 18.7 Å². The first-order valence-electron chi connectivity index (χ1n) is 9.30. The minimum absolute atomic E-state index is 0.0518. The smallest absolute Gasteiger partial charge is 0.238 e. The summed E-state index contributed by atoms with van der Waals surface area (Å²) in [5.74, 6) is 0.414. The second kappa shape index (κ2) is 7.74. The van der Waals surface area contributed by atoms with Gasteiger partial charge in [-0.15, -0.1) is 0 Å². The molecule has 0 saturated carbocycles. The van der Waals surface area contributed by atoms with Crippen LogP contribution >= 0.6 is 0 Å². The summed E-state index contributed by atoms with van der Waals surface area (Å²) in [5.41, 5.74) is 5.87. The number of nitrogens with one attached hydrogen (secondary N) is 1. The van der Waals surface area contributed by atoms with Gasteiger partial charge < -0.3 is 9.88 Å². The highest BCUT2D eigenvalue weighted by molar-refractivity contribution is 7.89. The molecule has 2 heterocycles. The number of hydrogen-bond acceptors (Lipinski definition) is 5. The fourth-order valence-corrected chi connectivity index (χ4v) is 3.81. The Hall–Kier alpha value is -3.49. The first-order chi connectivity index (χ1) is 14.3. The standard InChI is InChI=1S/C22H21N5O2S/c1-15-3-4-16(2)27(15)19-9-5-17(6-10-19)21-13-14-24-22(26-21)25-18-7-11-20(12-8-18)30(23,28)29/h3-14H,1-2H3,(H2,23,28,29)(H,24,25,26). The van der Waals surface area contributed by atoms with E-state index >= 15 is 0 Å². The predicted octanol–water partition coefficient (Wildman–Crippen LogP) is 3.94. The van der Waals surface area contributed by atoms with E-state index in [0.717, 1.165) is 16.9 Å². The van der Waals surface area contributed by atoms with Crippen LogP contribution in [0.25, 0.3) is 16.9 Å². The molecule has 0 saturated heterocycles. The zero-order valence-corrected chi connectivity index (χ0v) is 17.4. The van der Waals surface area contributed by atoms with E-state index in [1.54, 1.807) is 18.3 Å². The number of aryl methyl sites for hydroxylation is 2. The summed E-state index contributed by atoms with van der Waals surface area (Å²) in [7, 11) is -3.72. The van der Waals surface area contributed by atoms with Crippen LogP contribution in [0.2, 0.25) is 0 Å². The van der Waals surface area contributed by atoms with Crippen LogP contribution in [-0.2, 0) is 10.0 Å². The Morgan fingerprint density at radius 1 is 0.867 bits per heavy atom. The molecular formula is C22H21N5O2S. The first-order valence-corrected chi connectivity index (χ1v) is 10.8. The lowest BCUT2D eigenvalue weighted by Gasteiger charge is -2.11. The molecule has 0 fully saturated rings. The molecule has 0 unspecified atom stereocenters. The van der Waals surface area contributed by atoms with E-state index in [1.165, 1.54) is 23.5 Å². The molecule has 0 atom stereocenters. The Bertz CT molecular complexity index is 1270. The van der Waals surface area contributed by atoms with Crippen molar-refractivity contribution >= 4 is 21.7 Å². The van der Waals surface area contributed by atoms with Gasteiger partial charge in [-0.3, -0.25) is 0 Å². The highest BCUT2D eigenvalue weighted by atomic mass is 32.2. The van der Waals surface area contributed by atoms with Gasteiger partial charge in [0, 0.05) is 34.5 Å². The molecule has 2 aromatic carbocycles. The van der Waals surface area contributed by atoms with Crippen LogP contribution in [0.3, 0.4) is 0 Å². The number of nitrogens with zero attached hydrogens (tertiary/aromatic N) is 3. The molecule has 2 aromatic heterocycles. The number of anilines is 2. The molecule has 0 aliphatic heterocycles. The number of hydrogen-bond donors (Lipinski definition) is 2. The Kier molecular flexibility index (Phi) is 5.11. The minimum Gasteiger partial charge on any atom is -0.324 e. The van der Waals surface area contributed by atoms with Gasteiger partial charge in [0.25, 0.3) is 0 Å². The first kappa shape index (κ1) is 19.8. The number of rotatable bonds is 5. The summed E-state index contributed by atoms with van der Waals surface area (Å²) in [6.45, 7) is 4.16. The van der Waals surface area contributed by atoms with Crippen LogP contribution in [0.1, 0.15) is 11.4 Å². The maximum Gasteiger partial charge on any atom is 0.238 e. The highest BCUT2D eigenvalue weighted by Gasteiger charge is 2.09. The Morgan fingerprint density at radius 2 is 1.50 bits per heavy atom. The molecule has 0 radical (unpaired) electrons. The van der Waals surface area contributed by atoms with Gasteiger partial charge in [-0.25, -0.2) is 23.5 Å². The van der Waals surface area contributed by atoms with E-state index in [9.17, 15) is 8.42 Å². The third-order valence-electron chi connectivity index (χ3n) is 4.79. The van der Waals surface area contributed by atoms with Crippen molar-refractivity contribution in [1.29, 1.82) is 0 Å².